The fourth-order valence-electron chi connectivity index (χ4n) is 3.60. The van der Waals surface area contributed by atoms with Crippen LogP contribution in [0.25, 0.3) is 0 Å². The standard InChI is InChI=1S/C14H19N3O2/c1-9-4-3-5-13(14(9)17(18)19)16-8-11-6-15-7-12(11)10(16)2/h3-5,10-12,15H,6-8H2,1-2H3. The predicted octanol–water partition coefficient (Wildman–Crippen LogP) is 1.95. The van der Waals surface area contributed by atoms with Gasteiger partial charge in [0.25, 0.3) is 5.69 Å². The first-order valence-corrected chi connectivity index (χ1v) is 6.81. The molecule has 0 radical (unpaired) electrons. The van der Waals surface area contributed by atoms with Crippen molar-refractivity contribution in [3.63, 3.8) is 0 Å². The largest absolute Gasteiger partial charge is 0.363 e. The molecule has 19 heavy (non-hydrogen) atoms. The molecule has 0 bridgehead atoms. The number of nitrogens with one attached hydrogen (secondary N) is 1. The molecule has 0 aromatic heterocycles. The van der Waals surface area contributed by atoms with E-state index in [4.69, 9.17) is 0 Å². The number of aryl methyl sites for hydroxylation is 1. The van der Waals surface area contributed by atoms with Crippen LogP contribution in [0.5, 0.6) is 0 Å². The van der Waals surface area contributed by atoms with Gasteiger partial charge in [0.05, 0.1) is 4.92 Å². The number of nitro groups is 1. The first-order valence-electron chi connectivity index (χ1n) is 6.81. The van der Waals surface area contributed by atoms with Gasteiger partial charge >= 0.3 is 0 Å². The summed E-state index contributed by atoms with van der Waals surface area (Å²) in [6, 6.07) is 5.97. The number of benzene rings is 1. The highest BCUT2D eigenvalue weighted by Gasteiger charge is 2.43. The van der Waals surface area contributed by atoms with Gasteiger partial charge < -0.3 is 10.2 Å². The third kappa shape index (κ3) is 1.89. The van der Waals surface area contributed by atoms with Crippen LogP contribution in [0.15, 0.2) is 18.2 Å². The molecule has 2 aliphatic heterocycles. The van der Waals surface area contributed by atoms with Gasteiger partial charge in [0.2, 0.25) is 0 Å². The lowest BCUT2D eigenvalue weighted by atomic mass is 9.95. The zero-order valence-electron chi connectivity index (χ0n) is 11.3. The molecule has 2 saturated heterocycles. The Morgan fingerprint density at radius 3 is 2.89 bits per heavy atom. The molecule has 3 atom stereocenters. The van der Waals surface area contributed by atoms with Crippen molar-refractivity contribution in [2.24, 2.45) is 11.8 Å². The molecule has 1 N–H and O–H groups in total. The molecule has 0 aliphatic carbocycles. The lowest BCUT2D eigenvalue weighted by Crippen LogP contribution is -2.33. The summed E-state index contributed by atoms with van der Waals surface area (Å²) in [5.74, 6) is 1.23. The molecular formula is C14H19N3O2. The Morgan fingerprint density at radius 1 is 1.42 bits per heavy atom. The molecular weight excluding hydrogens is 242 g/mol. The molecule has 102 valence electrons. The van der Waals surface area contributed by atoms with Crippen LogP contribution in [0.3, 0.4) is 0 Å². The Bertz CT molecular complexity index is 517. The van der Waals surface area contributed by atoms with Crippen LogP contribution < -0.4 is 10.2 Å². The highest BCUT2D eigenvalue weighted by molar-refractivity contribution is 5.67. The third-order valence-electron chi connectivity index (χ3n) is 4.64. The summed E-state index contributed by atoms with van der Waals surface area (Å²) in [5, 5.41) is 14.7. The van der Waals surface area contributed by atoms with E-state index >= 15 is 0 Å². The van der Waals surface area contributed by atoms with Crippen molar-refractivity contribution >= 4 is 11.4 Å². The zero-order chi connectivity index (χ0) is 13.6. The molecule has 1 aromatic carbocycles. The summed E-state index contributed by atoms with van der Waals surface area (Å²) >= 11 is 0. The van der Waals surface area contributed by atoms with Crippen molar-refractivity contribution in [2.75, 3.05) is 24.5 Å². The van der Waals surface area contributed by atoms with Crippen molar-refractivity contribution < 1.29 is 4.92 Å². The molecule has 0 saturated carbocycles. The molecule has 2 aliphatic rings. The Hall–Kier alpha value is -1.62. The van der Waals surface area contributed by atoms with Crippen molar-refractivity contribution in [1.82, 2.24) is 5.32 Å². The van der Waals surface area contributed by atoms with Crippen LogP contribution >= 0.6 is 0 Å². The molecule has 1 aromatic rings. The average Bonchev–Trinajstić information content (AvgIpc) is 2.92. The van der Waals surface area contributed by atoms with E-state index in [2.05, 4.69) is 17.1 Å². The molecule has 0 amide bonds. The first kappa shape index (κ1) is 12.4. The van der Waals surface area contributed by atoms with Crippen LogP contribution in [-0.4, -0.2) is 30.6 Å². The molecule has 3 unspecified atom stereocenters. The minimum absolute atomic E-state index is 0.246. The van der Waals surface area contributed by atoms with Crippen LogP contribution in [0, 0.1) is 28.9 Å². The van der Waals surface area contributed by atoms with Crippen LogP contribution in [0.4, 0.5) is 11.4 Å². The summed E-state index contributed by atoms with van der Waals surface area (Å²) in [4.78, 5) is 13.3. The van der Waals surface area contributed by atoms with Crippen molar-refractivity contribution in [3.05, 3.63) is 33.9 Å². The van der Waals surface area contributed by atoms with Gasteiger partial charge in [-0.3, -0.25) is 10.1 Å². The number of fused-ring (bicyclic) bond motifs is 1. The fourth-order valence-corrected chi connectivity index (χ4v) is 3.60. The number of para-hydroxylation sites is 1. The summed E-state index contributed by atoms with van der Waals surface area (Å²) in [5.41, 5.74) is 1.79. The second-order valence-electron chi connectivity index (χ2n) is 5.67. The average molecular weight is 261 g/mol. The van der Waals surface area contributed by atoms with Crippen molar-refractivity contribution in [3.8, 4) is 0 Å². The quantitative estimate of drug-likeness (QED) is 0.653. The van der Waals surface area contributed by atoms with E-state index in [0.717, 1.165) is 30.9 Å². The molecule has 5 nitrogen and oxygen atoms in total. The number of hydrogen-bond donors (Lipinski definition) is 1. The number of anilines is 1. The third-order valence-corrected chi connectivity index (χ3v) is 4.64. The Morgan fingerprint density at radius 2 is 2.21 bits per heavy atom. The topological polar surface area (TPSA) is 58.4 Å². The number of rotatable bonds is 2. The SMILES string of the molecule is Cc1cccc(N2CC3CNCC3C2C)c1[N+](=O)[O-]. The molecule has 2 fully saturated rings. The maximum Gasteiger partial charge on any atom is 0.295 e. The molecule has 2 heterocycles. The van der Waals surface area contributed by atoms with Gasteiger partial charge in [-0.2, -0.15) is 0 Å². The first-order chi connectivity index (χ1) is 9.09. The molecule has 5 heteroatoms. The lowest BCUT2D eigenvalue weighted by molar-refractivity contribution is -0.384. The van der Waals surface area contributed by atoms with E-state index in [9.17, 15) is 10.1 Å². The minimum Gasteiger partial charge on any atom is -0.363 e. The highest BCUT2D eigenvalue weighted by Crippen LogP contribution is 2.40. The van der Waals surface area contributed by atoms with Crippen molar-refractivity contribution in [2.45, 2.75) is 19.9 Å². The number of nitro benzene ring substituents is 1. The normalized spacial score (nSPS) is 29.6. The van der Waals surface area contributed by atoms with E-state index in [1.54, 1.807) is 0 Å². The fraction of sp³-hybridized carbons (Fsp3) is 0.571. The second kappa shape index (κ2) is 4.49. The van der Waals surface area contributed by atoms with Gasteiger partial charge in [0, 0.05) is 31.2 Å². The van der Waals surface area contributed by atoms with Gasteiger partial charge in [-0.15, -0.1) is 0 Å². The van der Waals surface area contributed by atoms with E-state index < -0.39 is 0 Å². The number of nitrogens with zero attached hydrogens (tertiary/aromatic N) is 2. The van der Waals surface area contributed by atoms with E-state index in [1.165, 1.54) is 0 Å². The zero-order valence-corrected chi connectivity index (χ0v) is 11.3. The summed E-state index contributed by atoms with van der Waals surface area (Å²) in [6.07, 6.45) is 0. The smallest absolute Gasteiger partial charge is 0.295 e. The summed E-state index contributed by atoms with van der Waals surface area (Å²) in [7, 11) is 0. The van der Waals surface area contributed by atoms with E-state index in [-0.39, 0.29) is 10.6 Å². The minimum atomic E-state index is -0.246. The Balaban J connectivity index is 1.99. The van der Waals surface area contributed by atoms with Gasteiger partial charge in [-0.25, -0.2) is 0 Å². The summed E-state index contributed by atoms with van der Waals surface area (Å²) < 4.78 is 0. The maximum atomic E-state index is 11.3. The summed E-state index contributed by atoms with van der Waals surface area (Å²) in [6.45, 7) is 6.98. The van der Waals surface area contributed by atoms with Crippen LogP contribution in [0.1, 0.15) is 12.5 Å². The highest BCUT2D eigenvalue weighted by atomic mass is 16.6. The Labute approximate surface area is 112 Å². The van der Waals surface area contributed by atoms with Gasteiger partial charge in [-0.05, 0) is 31.7 Å². The lowest BCUT2D eigenvalue weighted by Gasteiger charge is -2.26. The second-order valence-corrected chi connectivity index (χ2v) is 5.67. The monoisotopic (exact) mass is 261 g/mol. The van der Waals surface area contributed by atoms with E-state index in [1.807, 2.05) is 25.1 Å². The van der Waals surface area contributed by atoms with Gasteiger partial charge in [0.15, 0.2) is 0 Å². The van der Waals surface area contributed by atoms with Crippen LogP contribution in [-0.2, 0) is 0 Å². The Kier molecular flexibility index (Phi) is 2.93. The maximum absolute atomic E-state index is 11.3. The molecule has 0 spiro atoms. The number of hydrogen-bond acceptors (Lipinski definition) is 4. The van der Waals surface area contributed by atoms with Gasteiger partial charge in [-0.1, -0.05) is 12.1 Å². The van der Waals surface area contributed by atoms with Crippen molar-refractivity contribution in [1.29, 1.82) is 0 Å². The van der Waals surface area contributed by atoms with E-state index in [0.29, 0.717) is 17.9 Å². The van der Waals surface area contributed by atoms with Gasteiger partial charge in [0.1, 0.15) is 5.69 Å². The predicted molar refractivity (Wildman–Crippen MR) is 74.5 cm³/mol. The van der Waals surface area contributed by atoms with Crippen LogP contribution in [0.2, 0.25) is 0 Å². The molecule has 3 rings (SSSR count).